The SMILES string of the molecule is N#Cc1ccnc(N2C[C@H](c3cccc(O)c3)[C@H]3[C@@H]2C2CCN3CC2)c1. The van der Waals surface area contributed by atoms with Crippen molar-refractivity contribution >= 4 is 5.82 Å². The van der Waals surface area contributed by atoms with Crippen molar-refractivity contribution < 1.29 is 5.11 Å². The maximum Gasteiger partial charge on any atom is 0.130 e. The van der Waals surface area contributed by atoms with Gasteiger partial charge in [-0.1, -0.05) is 12.1 Å². The second-order valence-corrected chi connectivity index (χ2v) is 7.72. The van der Waals surface area contributed by atoms with E-state index >= 15 is 0 Å². The summed E-state index contributed by atoms with van der Waals surface area (Å²) in [6.07, 6.45) is 4.22. The van der Waals surface area contributed by atoms with Crippen LogP contribution in [0.1, 0.15) is 29.9 Å². The van der Waals surface area contributed by atoms with Crippen LogP contribution in [0.2, 0.25) is 0 Å². The molecule has 0 amide bonds. The van der Waals surface area contributed by atoms with Gasteiger partial charge in [0.25, 0.3) is 0 Å². The average Bonchev–Trinajstić information content (AvgIpc) is 3.12. The number of piperidine rings is 3. The standard InChI is InChI=1S/C21H22N4O/c22-12-14-4-7-23-19(10-14)25-13-18(16-2-1-3-17(26)11-16)21-20(25)15-5-8-24(21)9-6-15/h1-4,7,10-11,15,18,20-21,26H,5-6,8-9,13H2/t18-,20+,21+/m1/s1. The van der Waals surface area contributed by atoms with E-state index in [0.29, 0.717) is 35.2 Å². The van der Waals surface area contributed by atoms with Crippen LogP contribution in [0.3, 0.4) is 0 Å². The number of phenols is 1. The van der Waals surface area contributed by atoms with E-state index in [1.165, 1.54) is 31.5 Å². The number of anilines is 1. The fraction of sp³-hybridized carbons (Fsp3) is 0.429. The Morgan fingerprint density at radius 3 is 2.73 bits per heavy atom. The molecule has 4 aliphatic rings. The van der Waals surface area contributed by atoms with Crippen LogP contribution in [-0.2, 0) is 0 Å². The number of pyridine rings is 1. The molecule has 0 unspecified atom stereocenters. The van der Waals surface area contributed by atoms with E-state index < -0.39 is 0 Å². The Balaban J connectivity index is 1.57. The van der Waals surface area contributed by atoms with Crippen LogP contribution in [0.5, 0.6) is 5.75 Å². The van der Waals surface area contributed by atoms with Crippen molar-refractivity contribution in [3.8, 4) is 11.8 Å². The lowest BCUT2D eigenvalue weighted by atomic mass is 9.75. The number of nitrogens with zero attached hydrogens (tertiary/aromatic N) is 4. The summed E-state index contributed by atoms with van der Waals surface area (Å²) >= 11 is 0. The third-order valence-corrected chi connectivity index (χ3v) is 6.46. The van der Waals surface area contributed by atoms with E-state index in [1.807, 2.05) is 18.2 Å². The van der Waals surface area contributed by atoms with Crippen LogP contribution in [0.15, 0.2) is 42.6 Å². The molecule has 1 N–H and O–H groups in total. The number of rotatable bonds is 2. The molecule has 4 fully saturated rings. The third kappa shape index (κ3) is 2.37. The Hall–Kier alpha value is -2.58. The van der Waals surface area contributed by atoms with E-state index in [4.69, 9.17) is 0 Å². The number of nitriles is 1. The minimum atomic E-state index is 0.332. The lowest BCUT2D eigenvalue weighted by molar-refractivity contribution is 0.0354. The molecular weight excluding hydrogens is 324 g/mol. The zero-order valence-corrected chi connectivity index (χ0v) is 14.6. The molecule has 1 aromatic carbocycles. The number of hydrogen-bond donors (Lipinski definition) is 1. The smallest absolute Gasteiger partial charge is 0.130 e. The molecule has 3 atom stereocenters. The molecule has 2 bridgehead atoms. The highest BCUT2D eigenvalue weighted by molar-refractivity contribution is 5.50. The van der Waals surface area contributed by atoms with E-state index in [1.54, 1.807) is 18.3 Å². The lowest BCUT2D eigenvalue weighted by Gasteiger charge is -2.51. The maximum absolute atomic E-state index is 9.98. The van der Waals surface area contributed by atoms with Gasteiger partial charge in [-0.2, -0.15) is 5.26 Å². The largest absolute Gasteiger partial charge is 0.508 e. The van der Waals surface area contributed by atoms with Crippen molar-refractivity contribution in [1.82, 2.24) is 9.88 Å². The number of aromatic nitrogens is 1. The van der Waals surface area contributed by atoms with Gasteiger partial charge >= 0.3 is 0 Å². The van der Waals surface area contributed by atoms with Crippen molar-refractivity contribution in [2.45, 2.75) is 30.8 Å². The molecule has 0 spiro atoms. The number of aromatic hydroxyl groups is 1. The quantitative estimate of drug-likeness (QED) is 0.906. The fourth-order valence-electron chi connectivity index (χ4n) is 5.38. The molecule has 5 nitrogen and oxygen atoms in total. The number of hydrogen-bond acceptors (Lipinski definition) is 5. The number of phenolic OH excluding ortho intramolecular Hbond substituents is 1. The third-order valence-electron chi connectivity index (χ3n) is 6.46. The molecule has 0 radical (unpaired) electrons. The monoisotopic (exact) mass is 346 g/mol. The van der Waals surface area contributed by atoms with Crippen molar-refractivity contribution in [3.05, 3.63) is 53.7 Å². The van der Waals surface area contributed by atoms with Gasteiger partial charge in [0.05, 0.1) is 11.6 Å². The first-order chi connectivity index (χ1) is 12.7. The first kappa shape index (κ1) is 15.7. The van der Waals surface area contributed by atoms with Gasteiger partial charge in [0.15, 0.2) is 0 Å². The average molecular weight is 346 g/mol. The summed E-state index contributed by atoms with van der Waals surface area (Å²) in [5.74, 6) is 2.27. The molecule has 5 heterocycles. The fourth-order valence-corrected chi connectivity index (χ4v) is 5.38. The summed E-state index contributed by atoms with van der Waals surface area (Å²) in [4.78, 5) is 9.66. The van der Waals surface area contributed by atoms with Crippen LogP contribution in [0, 0.1) is 17.2 Å². The van der Waals surface area contributed by atoms with Gasteiger partial charge in [-0.3, -0.25) is 4.90 Å². The van der Waals surface area contributed by atoms with Crippen LogP contribution >= 0.6 is 0 Å². The van der Waals surface area contributed by atoms with Crippen LogP contribution in [0.25, 0.3) is 0 Å². The molecule has 1 aromatic heterocycles. The van der Waals surface area contributed by atoms with Gasteiger partial charge in [0.1, 0.15) is 11.6 Å². The van der Waals surface area contributed by atoms with E-state index in [0.717, 1.165) is 12.4 Å². The summed E-state index contributed by atoms with van der Waals surface area (Å²) in [7, 11) is 0. The molecule has 2 aromatic rings. The minimum Gasteiger partial charge on any atom is -0.508 e. The summed E-state index contributed by atoms with van der Waals surface area (Å²) in [5, 5.41) is 19.2. The van der Waals surface area contributed by atoms with Crippen LogP contribution < -0.4 is 4.90 Å². The predicted molar refractivity (Wildman–Crippen MR) is 99.0 cm³/mol. The second-order valence-electron chi connectivity index (χ2n) is 7.72. The Kier molecular flexibility index (Phi) is 3.61. The summed E-state index contributed by atoms with van der Waals surface area (Å²) in [5.41, 5.74) is 1.86. The highest BCUT2D eigenvalue weighted by atomic mass is 16.3. The molecule has 4 saturated heterocycles. The molecule has 6 rings (SSSR count). The normalized spacial score (nSPS) is 32.3. The van der Waals surface area contributed by atoms with Crippen molar-refractivity contribution in [1.29, 1.82) is 5.26 Å². The molecule has 4 aliphatic heterocycles. The Labute approximate surface area is 153 Å². The Morgan fingerprint density at radius 1 is 1.12 bits per heavy atom. The highest BCUT2D eigenvalue weighted by Gasteiger charge is 2.53. The van der Waals surface area contributed by atoms with Gasteiger partial charge in [-0.15, -0.1) is 0 Å². The summed E-state index contributed by atoms with van der Waals surface area (Å²) in [6.45, 7) is 3.22. The van der Waals surface area contributed by atoms with E-state index in [-0.39, 0.29) is 0 Å². The Bertz CT molecular complexity index is 868. The maximum atomic E-state index is 9.98. The highest BCUT2D eigenvalue weighted by Crippen LogP contribution is 2.47. The molecule has 0 saturated carbocycles. The molecule has 26 heavy (non-hydrogen) atoms. The zero-order valence-electron chi connectivity index (χ0n) is 14.6. The topological polar surface area (TPSA) is 63.4 Å². The van der Waals surface area contributed by atoms with Gasteiger partial charge < -0.3 is 10.0 Å². The summed E-state index contributed by atoms with van der Waals surface area (Å²) < 4.78 is 0. The van der Waals surface area contributed by atoms with E-state index in [9.17, 15) is 10.4 Å². The van der Waals surface area contributed by atoms with E-state index in [2.05, 4.69) is 26.9 Å². The van der Waals surface area contributed by atoms with Crippen molar-refractivity contribution in [2.75, 3.05) is 24.5 Å². The molecule has 5 heteroatoms. The number of benzene rings is 1. The van der Waals surface area contributed by atoms with Crippen molar-refractivity contribution in [2.24, 2.45) is 5.92 Å². The molecular formula is C21H22N4O. The minimum absolute atomic E-state index is 0.332. The second kappa shape index (κ2) is 6.00. The first-order valence-electron chi connectivity index (χ1n) is 9.40. The van der Waals surface area contributed by atoms with Crippen LogP contribution in [0.4, 0.5) is 5.82 Å². The number of fused-ring (bicyclic) bond motifs is 2. The zero-order chi connectivity index (χ0) is 17.7. The van der Waals surface area contributed by atoms with Gasteiger partial charge in [0.2, 0.25) is 0 Å². The molecule has 0 aliphatic carbocycles. The van der Waals surface area contributed by atoms with Crippen LogP contribution in [-0.4, -0.2) is 46.7 Å². The van der Waals surface area contributed by atoms with Gasteiger partial charge in [-0.25, -0.2) is 4.98 Å². The first-order valence-corrected chi connectivity index (χ1v) is 9.40. The van der Waals surface area contributed by atoms with Crippen molar-refractivity contribution in [3.63, 3.8) is 0 Å². The van der Waals surface area contributed by atoms with Gasteiger partial charge in [0, 0.05) is 30.7 Å². The lowest BCUT2D eigenvalue weighted by Crippen LogP contribution is -2.60. The Morgan fingerprint density at radius 2 is 1.96 bits per heavy atom. The molecule has 132 valence electrons. The summed E-state index contributed by atoms with van der Waals surface area (Å²) in [6, 6.07) is 14.5. The predicted octanol–water partition coefficient (Wildman–Crippen LogP) is 2.73. The van der Waals surface area contributed by atoms with Gasteiger partial charge in [-0.05, 0) is 61.7 Å².